The zero-order chi connectivity index (χ0) is 31.5. The molecule has 45 heavy (non-hydrogen) atoms. The summed E-state index contributed by atoms with van der Waals surface area (Å²) in [6.45, 7) is 4.16. The highest BCUT2D eigenvalue weighted by molar-refractivity contribution is 6.07. The third-order valence-electron chi connectivity index (χ3n) is 8.88. The molecule has 12 heteroatoms. The van der Waals surface area contributed by atoms with E-state index in [-0.39, 0.29) is 44.2 Å². The van der Waals surface area contributed by atoms with E-state index in [4.69, 9.17) is 0 Å². The quantitative estimate of drug-likeness (QED) is 0.263. The molecule has 12 nitrogen and oxygen atoms in total. The second-order valence-corrected chi connectivity index (χ2v) is 11.6. The molecule has 222 valence electrons. The summed E-state index contributed by atoms with van der Waals surface area (Å²) in [7, 11) is 0. The monoisotopic (exact) mass is 601 g/mol. The molecule has 0 radical (unpaired) electrons. The number of benzene rings is 3. The van der Waals surface area contributed by atoms with Crippen molar-refractivity contribution in [2.75, 3.05) is 0 Å². The molecule has 0 spiro atoms. The van der Waals surface area contributed by atoms with Gasteiger partial charge in [0.15, 0.2) is 0 Å². The van der Waals surface area contributed by atoms with E-state index in [1.807, 2.05) is 26.0 Å². The van der Waals surface area contributed by atoms with E-state index in [0.29, 0.717) is 37.8 Å². The lowest BCUT2D eigenvalue weighted by Gasteiger charge is -1.99. The van der Waals surface area contributed by atoms with Crippen LogP contribution in [0.25, 0.3) is 59.8 Å². The third-order valence-corrected chi connectivity index (χ3v) is 8.88. The average molecular weight is 602 g/mol. The fraction of sp³-hybridized carbons (Fsp3) is 0.212. The van der Waals surface area contributed by atoms with Crippen molar-refractivity contribution in [3.05, 3.63) is 121 Å². The summed E-state index contributed by atoms with van der Waals surface area (Å²) < 4.78 is 3.44. The van der Waals surface area contributed by atoms with Crippen molar-refractivity contribution in [2.24, 2.45) is 0 Å². The molecule has 8 rings (SSSR count). The molecule has 0 amide bonds. The van der Waals surface area contributed by atoms with Gasteiger partial charge in [-0.2, -0.15) is 9.35 Å². The Morgan fingerprint density at radius 3 is 1.58 bits per heavy atom. The van der Waals surface area contributed by atoms with Gasteiger partial charge in [0.2, 0.25) is 0 Å². The molecule has 0 aliphatic carbocycles. The second-order valence-electron chi connectivity index (χ2n) is 11.6. The van der Waals surface area contributed by atoms with Crippen LogP contribution in [0.15, 0.2) is 76.0 Å². The molecule has 5 aromatic heterocycles. The maximum Gasteiger partial charge on any atom is 0.281 e. The Kier molecular flexibility index (Phi) is 5.43. The van der Waals surface area contributed by atoms with Crippen LogP contribution in [-0.2, 0) is 6.54 Å². The lowest BCUT2D eigenvalue weighted by Crippen LogP contribution is -2.42. The molecule has 0 saturated heterocycles. The number of fused-ring (bicyclic) bond motifs is 8. The normalized spacial score (nSPS) is 12.4. The number of hydrogen-bond donors (Lipinski definition) is 0. The first-order valence-corrected chi connectivity index (χ1v) is 14.7. The van der Waals surface area contributed by atoms with E-state index in [1.54, 1.807) is 6.07 Å². The molecule has 0 atom stereocenters. The molecule has 0 fully saturated rings. The van der Waals surface area contributed by atoms with Crippen molar-refractivity contribution in [1.82, 2.24) is 23.3 Å². The van der Waals surface area contributed by atoms with E-state index >= 15 is 0 Å². The molecule has 0 aliphatic rings. The van der Waals surface area contributed by atoms with Crippen molar-refractivity contribution < 1.29 is 0 Å². The summed E-state index contributed by atoms with van der Waals surface area (Å²) in [4.78, 5) is 98.6. The van der Waals surface area contributed by atoms with Crippen LogP contribution in [-0.4, -0.2) is 23.3 Å². The number of rotatable bonds is 6. The summed E-state index contributed by atoms with van der Waals surface area (Å²) in [6, 6.07) is 10.5. The minimum absolute atomic E-state index is 0.00683. The van der Waals surface area contributed by atoms with Crippen molar-refractivity contribution >= 4 is 59.8 Å². The first kappa shape index (κ1) is 26.8. The van der Waals surface area contributed by atoms with E-state index in [2.05, 4.69) is 4.98 Å². The van der Waals surface area contributed by atoms with Crippen molar-refractivity contribution in [1.29, 1.82) is 0 Å². The van der Waals surface area contributed by atoms with Gasteiger partial charge in [-0.15, -0.1) is 0 Å². The molecule has 8 aromatic rings. The Labute approximate surface area is 249 Å². The van der Waals surface area contributed by atoms with Crippen LogP contribution in [0.1, 0.15) is 38.2 Å². The fourth-order valence-corrected chi connectivity index (χ4v) is 6.60. The lowest BCUT2D eigenvalue weighted by atomic mass is 10.1. The highest BCUT2D eigenvalue weighted by Crippen LogP contribution is 2.26. The van der Waals surface area contributed by atoms with Crippen molar-refractivity contribution in [3.8, 4) is 0 Å². The summed E-state index contributed by atoms with van der Waals surface area (Å²) >= 11 is 0. The number of hydrogen-bond acceptors (Lipinski definition) is 8. The van der Waals surface area contributed by atoms with E-state index in [1.165, 1.54) is 28.7 Å². The molecule has 0 N–H and O–H groups in total. The summed E-state index contributed by atoms with van der Waals surface area (Å²) in [5.41, 5.74) is -2.94. The zero-order valence-corrected chi connectivity index (χ0v) is 24.2. The Morgan fingerprint density at radius 2 is 1.04 bits per heavy atom. The van der Waals surface area contributed by atoms with E-state index in [9.17, 15) is 33.6 Å². The van der Waals surface area contributed by atoms with E-state index < -0.39 is 38.9 Å². The largest absolute Gasteiger partial charge is 0.281 e. The van der Waals surface area contributed by atoms with Crippen LogP contribution < -0.4 is 38.9 Å². The predicted molar refractivity (Wildman–Crippen MR) is 171 cm³/mol. The van der Waals surface area contributed by atoms with Gasteiger partial charge in [-0.3, -0.25) is 42.5 Å². The first-order chi connectivity index (χ1) is 21.6. The lowest BCUT2D eigenvalue weighted by molar-refractivity contribution is 0.568. The van der Waals surface area contributed by atoms with Crippen LogP contribution in [0.3, 0.4) is 0 Å². The molecule has 0 unspecified atom stereocenters. The van der Waals surface area contributed by atoms with Crippen LogP contribution in [0, 0.1) is 6.92 Å². The molecule has 0 saturated carbocycles. The standard InChI is InChI=1S/C33H23N5O7/c1-3-4-5-6-9-35-27(39)18-13-22-23(14-19(18)28(35)40)33(45)38(32(22)44)37-30(42)20-11-16-17(12-21(20)31(37)43)29(41)36-25-10-15(2)7-8-24(25)34-26(16)36/h7-8,10-14H,3-6,9H2,1-2H3. The molecule has 3 aromatic carbocycles. The van der Waals surface area contributed by atoms with Crippen LogP contribution in [0.4, 0.5) is 0 Å². The minimum atomic E-state index is -0.977. The van der Waals surface area contributed by atoms with Crippen molar-refractivity contribution in [3.63, 3.8) is 0 Å². The second kappa shape index (κ2) is 9.11. The van der Waals surface area contributed by atoms with Gasteiger partial charge in [-0.05, 0) is 55.3 Å². The molecule has 0 bridgehead atoms. The van der Waals surface area contributed by atoms with Crippen LogP contribution in [0.2, 0.25) is 0 Å². The summed E-state index contributed by atoms with van der Waals surface area (Å²) in [6.07, 6.45) is 3.45. The van der Waals surface area contributed by atoms with Crippen LogP contribution in [0.5, 0.6) is 0 Å². The summed E-state index contributed by atoms with van der Waals surface area (Å²) in [5, 5.41) is -0.103. The van der Waals surface area contributed by atoms with Crippen LogP contribution >= 0.6 is 0 Å². The molecule has 5 heterocycles. The topological polar surface area (TPSA) is 152 Å². The van der Waals surface area contributed by atoms with Gasteiger partial charge in [0, 0.05) is 11.9 Å². The van der Waals surface area contributed by atoms with Gasteiger partial charge >= 0.3 is 0 Å². The number of imidazole rings is 1. The van der Waals surface area contributed by atoms with Gasteiger partial charge < -0.3 is 0 Å². The maximum absolute atomic E-state index is 13.7. The molecular weight excluding hydrogens is 578 g/mol. The fourth-order valence-electron chi connectivity index (χ4n) is 6.60. The molecule has 0 aliphatic heterocycles. The average Bonchev–Trinajstić information content (AvgIpc) is 3.73. The van der Waals surface area contributed by atoms with Crippen molar-refractivity contribution in [2.45, 2.75) is 46.1 Å². The Morgan fingerprint density at radius 1 is 0.556 bits per heavy atom. The van der Waals surface area contributed by atoms with E-state index in [0.717, 1.165) is 29.4 Å². The smallest absolute Gasteiger partial charge is 0.274 e. The summed E-state index contributed by atoms with van der Waals surface area (Å²) in [5.74, 6) is 0. The SMILES string of the molecule is CCCCCCn1c(=O)c2cc3c(=O)n(-n4c(=O)c5cc6c(=O)n7c8cc(C)ccc8nc7c6cc5c4=O)c(=O)c3cc2c1=O. The highest BCUT2D eigenvalue weighted by atomic mass is 16.2. The number of aryl methyl sites for hydroxylation is 1. The van der Waals surface area contributed by atoms with Gasteiger partial charge in [0.05, 0.1) is 48.7 Å². The predicted octanol–water partition coefficient (Wildman–Crippen LogP) is 1.98. The zero-order valence-electron chi connectivity index (χ0n) is 24.2. The van der Waals surface area contributed by atoms with Gasteiger partial charge in [-0.25, -0.2) is 4.98 Å². The van der Waals surface area contributed by atoms with Gasteiger partial charge in [0.25, 0.3) is 38.9 Å². The van der Waals surface area contributed by atoms with Gasteiger partial charge in [0.1, 0.15) is 5.65 Å². The third kappa shape index (κ3) is 3.41. The molecular formula is C33H23N5O7. The minimum Gasteiger partial charge on any atom is -0.274 e. The first-order valence-electron chi connectivity index (χ1n) is 14.7. The number of unbranched alkanes of at least 4 members (excludes halogenated alkanes) is 3. The Hall–Kier alpha value is -5.78. The number of nitrogens with zero attached hydrogens (tertiary/aromatic N) is 5. The number of aromatic nitrogens is 5. The Bertz CT molecular complexity index is 2900. The maximum atomic E-state index is 13.7. The highest BCUT2D eigenvalue weighted by Gasteiger charge is 2.25. The Balaban J connectivity index is 1.35. The van der Waals surface area contributed by atoms with Gasteiger partial charge in [-0.1, -0.05) is 32.3 Å².